The largest absolute Gasteiger partial charge is 0.478 e. The maximum Gasteiger partial charge on any atom is 0.345 e. The number of hydrogen-bond donors (Lipinski definition) is 7. The number of halogens is 2. The maximum atomic E-state index is 17.7. The Labute approximate surface area is 323 Å². The van der Waals surface area contributed by atoms with Gasteiger partial charge in [0, 0.05) is 29.6 Å². The van der Waals surface area contributed by atoms with Crippen molar-refractivity contribution >= 4 is 35.4 Å². The Bertz CT molecular complexity index is 1610. The van der Waals surface area contributed by atoms with Gasteiger partial charge in [-0.25, -0.2) is 13.6 Å². The van der Waals surface area contributed by atoms with Crippen LogP contribution in [-0.2, 0) is 52.7 Å². The Morgan fingerprint density at radius 2 is 1.51 bits per heavy atom. The number of aliphatic hydroxyl groups is 2. The molecule has 57 heavy (non-hydrogen) atoms. The Kier molecular flexibility index (Phi) is 14.8. The second-order valence-corrected chi connectivity index (χ2v) is 15.0. The number of aliphatic hydroxyl groups excluding tert-OH is 2. The van der Waals surface area contributed by atoms with Gasteiger partial charge in [0.05, 0.1) is 36.5 Å². The Morgan fingerprint density at radius 3 is 2.14 bits per heavy atom. The smallest absolute Gasteiger partial charge is 0.345 e. The molecule has 3 unspecified atom stereocenters. The van der Waals surface area contributed by atoms with Crippen LogP contribution in [0.5, 0.6) is 0 Å². The lowest BCUT2D eigenvalue weighted by Crippen LogP contribution is -2.71. The molecule has 4 rings (SSSR count). The van der Waals surface area contributed by atoms with Gasteiger partial charge in [-0.05, 0) is 69.1 Å². The molecule has 0 spiro atoms. The Balaban J connectivity index is 1.55. The number of ketones is 2. The van der Waals surface area contributed by atoms with Crippen LogP contribution in [0.15, 0.2) is 23.8 Å². The quantitative estimate of drug-likeness (QED) is 0.0395. The SMILES string of the molecule is C[C@]12C=CC(=O)C=C1[C@@H](F)CC1C3C[C@@H](O)[C@](OC(=O)CCCON(O)O)(C(=O)COC(=O)CC(OC(=O)CCCCCON(O)O)C(=O)O)[C@@]3(C)C[C@H](O)[C@@]12F. The fraction of sp³-hybridized carbons (Fsp3) is 0.714. The number of rotatable bonds is 20. The molecule has 0 saturated heterocycles. The van der Waals surface area contributed by atoms with Gasteiger partial charge in [-0.2, -0.15) is 0 Å². The number of carbonyl (C=O) groups excluding carboxylic acids is 5. The molecule has 10 atom stereocenters. The van der Waals surface area contributed by atoms with Crippen molar-refractivity contribution < 1.29 is 97.6 Å². The number of Topliss-reactive ketones (excluding diaryl/α,β-unsaturated/α-hetero) is 1. The van der Waals surface area contributed by atoms with Crippen molar-refractivity contribution in [2.45, 2.75) is 114 Å². The van der Waals surface area contributed by atoms with E-state index in [1.165, 1.54) is 19.9 Å². The molecule has 0 amide bonds. The zero-order valence-electron chi connectivity index (χ0n) is 31.2. The number of esters is 3. The van der Waals surface area contributed by atoms with Gasteiger partial charge in [0.1, 0.15) is 12.3 Å². The van der Waals surface area contributed by atoms with Crippen molar-refractivity contribution in [1.82, 2.24) is 10.8 Å². The summed E-state index contributed by atoms with van der Waals surface area (Å²) in [5, 5.41) is 66.5. The van der Waals surface area contributed by atoms with Crippen molar-refractivity contribution in [2.24, 2.45) is 22.7 Å². The third kappa shape index (κ3) is 9.24. The lowest BCUT2D eigenvalue weighted by Gasteiger charge is -2.63. The minimum Gasteiger partial charge on any atom is -0.478 e. The maximum absolute atomic E-state index is 17.7. The van der Waals surface area contributed by atoms with Crippen LogP contribution in [0.1, 0.15) is 78.1 Å². The van der Waals surface area contributed by atoms with Crippen LogP contribution in [0.3, 0.4) is 0 Å². The molecule has 3 fully saturated rings. The minimum atomic E-state index is -2.67. The highest BCUT2D eigenvalue weighted by molar-refractivity contribution is 6.01. The number of alkyl halides is 2. The molecule has 0 aliphatic heterocycles. The zero-order valence-corrected chi connectivity index (χ0v) is 31.2. The number of carboxylic acids is 1. The molecule has 0 aromatic heterocycles. The van der Waals surface area contributed by atoms with Gasteiger partial charge in [0.2, 0.25) is 17.5 Å². The van der Waals surface area contributed by atoms with Gasteiger partial charge in [-0.3, -0.25) is 54.5 Å². The predicted octanol–water partition coefficient (Wildman–Crippen LogP) is 1.42. The molecule has 7 N–H and O–H groups in total. The molecule has 0 bridgehead atoms. The number of nitrogens with zero attached hydrogens (tertiary/aromatic N) is 2. The van der Waals surface area contributed by atoms with E-state index < -0.39 is 150 Å². The van der Waals surface area contributed by atoms with Gasteiger partial charge in [-0.15, -0.1) is 0 Å². The van der Waals surface area contributed by atoms with E-state index in [-0.39, 0.29) is 31.4 Å². The molecule has 20 nitrogen and oxygen atoms in total. The normalized spacial score (nSPS) is 33.5. The van der Waals surface area contributed by atoms with Crippen LogP contribution < -0.4 is 0 Å². The van der Waals surface area contributed by atoms with E-state index >= 15 is 8.78 Å². The topological polar surface area (TPSA) is 297 Å². The van der Waals surface area contributed by atoms with Gasteiger partial charge in [0.15, 0.2) is 18.1 Å². The first-order valence-corrected chi connectivity index (χ1v) is 18.2. The van der Waals surface area contributed by atoms with E-state index in [0.717, 1.165) is 12.2 Å². The van der Waals surface area contributed by atoms with Crippen LogP contribution in [0, 0.1) is 22.7 Å². The van der Waals surface area contributed by atoms with E-state index in [1.54, 1.807) is 0 Å². The molecular formula is C35H48F2N2O18. The minimum absolute atomic E-state index is 0.0979. The van der Waals surface area contributed by atoms with Crippen molar-refractivity contribution in [3.05, 3.63) is 23.8 Å². The van der Waals surface area contributed by atoms with Crippen molar-refractivity contribution in [1.29, 1.82) is 0 Å². The fourth-order valence-electron chi connectivity index (χ4n) is 9.10. The first-order chi connectivity index (χ1) is 26.6. The standard InChI is InChI=1S/C35H48F2N2O18/c1-32-10-9-19(40)13-22(32)23(36)14-21-20-15-25(41)35(33(20,2)17-26(42)34(21,32)37,57-29(45)8-6-12-55-39(51)52)27(43)18-53-30(46)16-24(31(47)48)56-28(44)7-4-3-5-11-54-38(49)50/h9-10,13,20-21,23-26,41-42,49-52H,3-8,11-12,14-18H2,1-2H3,(H,47,48)/t20?,21?,23-,24?,25+,26-,32-,33-,34-,35-/m0/s1. The molecule has 3 saturated carbocycles. The molecular weight excluding hydrogens is 774 g/mol. The molecule has 0 aromatic rings. The molecule has 0 heterocycles. The average molecular weight is 823 g/mol. The van der Waals surface area contributed by atoms with Crippen molar-refractivity contribution in [3.63, 3.8) is 0 Å². The summed E-state index contributed by atoms with van der Waals surface area (Å²) in [7, 11) is 0. The van der Waals surface area contributed by atoms with Crippen LogP contribution in [-0.4, -0.2) is 138 Å². The number of carbonyl (C=O) groups is 6. The second kappa shape index (κ2) is 18.4. The second-order valence-electron chi connectivity index (χ2n) is 15.0. The van der Waals surface area contributed by atoms with Crippen LogP contribution >= 0.6 is 0 Å². The van der Waals surface area contributed by atoms with E-state index in [2.05, 4.69) is 9.68 Å². The summed E-state index contributed by atoms with van der Waals surface area (Å²) in [6.45, 7) is 0.877. The number of allylic oxidation sites excluding steroid dienone is 4. The summed E-state index contributed by atoms with van der Waals surface area (Å²) in [5.74, 6) is -9.68. The predicted molar refractivity (Wildman–Crippen MR) is 177 cm³/mol. The molecule has 0 aromatic carbocycles. The lowest BCUT2D eigenvalue weighted by atomic mass is 9.44. The molecule has 4 aliphatic carbocycles. The summed E-state index contributed by atoms with van der Waals surface area (Å²) in [6.07, 6.45) is -7.68. The first-order valence-electron chi connectivity index (χ1n) is 18.2. The van der Waals surface area contributed by atoms with E-state index in [1.807, 2.05) is 0 Å². The van der Waals surface area contributed by atoms with Crippen LogP contribution in [0.25, 0.3) is 0 Å². The van der Waals surface area contributed by atoms with Crippen LogP contribution in [0.2, 0.25) is 0 Å². The number of ether oxygens (including phenoxy) is 3. The highest BCUT2D eigenvalue weighted by Gasteiger charge is 2.79. The van der Waals surface area contributed by atoms with E-state index in [9.17, 15) is 44.1 Å². The fourth-order valence-corrected chi connectivity index (χ4v) is 9.10. The highest BCUT2D eigenvalue weighted by Crippen LogP contribution is 2.70. The van der Waals surface area contributed by atoms with Gasteiger partial charge in [-0.1, -0.05) is 19.4 Å². The lowest BCUT2D eigenvalue weighted by molar-refractivity contribution is -0.492. The van der Waals surface area contributed by atoms with Gasteiger partial charge in [0.25, 0.3) is 0 Å². The van der Waals surface area contributed by atoms with Crippen molar-refractivity contribution in [2.75, 3.05) is 19.8 Å². The summed E-state index contributed by atoms with van der Waals surface area (Å²) < 4.78 is 49.3. The number of hydrogen-bond acceptors (Lipinski definition) is 19. The third-order valence-electron chi connectivity index (χ3n) is 11.7. The van der Waals surface area contributed by atoms with Gasteiger partial charge >= 0.3 is 23.9 Å². The Hall–Kier alpha value is -3.84. The van der Waals surface area contributed by atoms with E-state index in [0.29, 0.717) is 12.8 Å². The number of aliphatic carboxylic acids is 1. The zero-order chi connectivity index (χ0) is 42.5. The van der Waals surface area contributed by atoms with Crippen molar-refractivity contribution in [3.8, 4) is 0 Å². The summed E-state index contributed by atoms with van der Waals surface area (Å²) in [4.78, 5) is 85.5. The molecule has 320 valence electrons. The number of unbranched alkanes of at least 4 members (excludes halogenated alkanes) is 2. The summed E-state index contributed by atoms with van der Waals surface area (Å²) in [6, 6.07) is 0. The molecule has 0 radical (unpaired) electrons. The van der Waals surface area contributed by atoms with Crippen LogP contribution in [0.4, 0.5) is 8.78 Å². The van der Waals surface area contributed by atoms with Gasteiger partial charge < -0.3 is 29.5 Å². The molecule has 4 aliphatic rings. The first kappa shape index (κ1) is 45.9. The monoisotopic (exact) mass is 822 g/mol. The Morgan fingerprint density at radius 1 is 0.877 bits per heavy atom. The van der Waals surface area contributed by atoms with E-state index in [4.69, 9.17) is 35.0 Å². The molecule has 22 heteroatoms. The number of carboxylic acid groups (broad SMARTS) is 1. The summed E-state index contributed by atoms with van der Waals surface area (Å²) >= 11 is 0. The third-order valence-corrected chi connectivity index (χ3v) is 11.7. The summed E-state index contributed by atoms with van der Waals surface area (Å²) in [5.41, 5.74) is -9.19. The number of fused-ring (bicyclic) bond motifs is 5. The average Bonchev–Trinajstić information content (AvgIpc) is 3.34. The highest BCUT2D eigenvalue weighted by atomic mass is 19.1.